The lowest BCUT2D eigenvalue weighted by atomic mass is 10.4. The first kappa shape index (κ1) is 14.2. The molecule has 102 valence electrons. The zero-order valence-corrected chi connectivity index (χ0v) is 12.4. The van der Waals surface area contributed by atoms with Crippen molar-refractivity contribution in [2.45, 2.75) is 11.7 Å². The fourth-order valence-corrected chi connectivity index (χ4v) is 3.05. The van der Waals surface area contributed by atoms with Gasteiger partial charge in [-0.15, -0.1) is 16.4 Å². The Balaban J connectivity index is 1.79. The standard InChI is InChI=1S/C10H11ClN4O2S2/c1-15-9(17)13-14-10(15)18-5-8(16)12-4-6-2-3-7(11)19-6/h2-3H,4-5H2,1H3,(H,12,16)(H,13,17). The molecular weight excluding hydrogens is 308 g/mol. The Morgan fingerprint density at radius 2 is 2.42 bits per heavy atom. The summed E-state index contributed by atoms with van der Waals surface area (Å²) in [5, 5.41) is 9.38. The minimum atomic E-state index is -0.295. The highest BCUT2D eigenvalue weighted by Crippen LogP contribution is 2.21. The molecule has 6 nitrogen and oxygen atoms in total. The van der Waals surface area contributed by atoms with Crippen LogP contribution in [0.3, 0.4) is 0 Å². The molecule has 0 atom stereocenters. The van der Waals surface area contributed by atoms with Crippen molar-refractivity contribution in [1.82, 2.24) is 20.1 Å². The number of halogens is 1. The van der Waals surface area contributed by atoms with Crippen LogP contribution in [-0.4, -0.2) is 26.4 Å². The smallest absolute Gasteiger partial charge is 0.343 e. The van der Waals surface area contributed by atoms with Crippen molar-refractivity contribution in [1.29, 1.82) is 0 Å². The van der Waals surface area contributed by atoms with Crippen molar-refractivity contribution >= 4 is 40.6 Å². The zero-order valence-electron chi connectivity index (χ0n) is 9.97. The molecule has 0 fully saturated rings. The predicted molar refractivity (Wildman–Crippen MR) is 75.7 cm³/mol. The van der Waals surface area contributed by atoms with Crippen molar-refractivity contribution in [3.05, 3.63) is 31.8 Å². The van der Waals surface area contributed by atoms with Gasteiger partial charge in [0.05, 0.1) is 16.6 Å². The maximum atomic E-state index is 11.6. The third-order valence-corrected chi connectivity index (χ3v) is 4.52. The number of amides is 1. The minimum Gasteiger partial charge on any atom is -0.350 e. The van der Waals surface area contributed by atoms with Crippen LogP contribution in [0.2, 0.25) is 4.34 Å². The van der Waals surface area contributed by atoms with E-state index < -0.39 is 0 Å². The molecule has 2 heterocycles. The maximum Gasteiger partial charge on any atom is 0.343 e. The van der Waals surface area contributed by atoms with Gasteiger partial charge in [0.25, 0.3) is 0 Å². The lowest BCUT2D eigenvalue weighted by Crippen LogP contribution is -2.24. The fraction of sp³-hybridized carbons (Fsp3) is 0.300. The van der Waals surface area contributed by atoms with Gasteiger partial charge in [0.2, 0.25) is 5.91 Å². The summed E-state index contributed by atoms with van der Waals surface area (Å²) in [6.45, 7) is 0.455. The SMILES string of the molecule is Cn1c(SCC(=O)NCc2ccc(Cl)s2)n[nH]c1=O. The van der Waals surface area contributed by atoms with Crippen molar-refractivity contribution in [2.75, 3.05) is 5.75 Å². The van der Waals surface area contributed by atoms with E-state index in [0.717, 1.165) is 4.88 Å². The number of aromatic amines is 1. The second-order valence-electron chi connectivity index (χ2n) is 3.64. The quantitative estimate of drug-likeness (QED) is 0.813. The summed E-state index contributed by atoms with van der Waals surface area (Å²) in [4.78, 5) is 23.7. The van der Waals surface area contributed by atoms with E-state index in [9.17, 15) is 9.59 Å². The van der Waals surface area contributed by atoms with E-state index in [2.05, 4.69) is 15.5 Å². The molecule has 0 radical (unpaired) electrons. The molecule has 2 N–H and O–H groups in total. The lowest BCUT2D eigenvalue weighted by Gasteiger charge is -2.02. The average molecular weight is 319 g/mol. The van der Waals surface area contributed by atoms with Crippen LogP contribution in [0, 0.1) is 0 Å². The van der Waals surface area contributed by atoms with Crippen LogP contribution >= 0.6 is 34.7 Å². The number of carbonyl (C=O) groups excluding carboxylic acids is 1. The molecular formula is C10H11ClN4O2S2. The molecule has 0 aliphatic carbocycles. The number of aromatic nitrogens is 3. The highest BCUT2D eigenvalue weighted by Gasteiger charge is 2.08. The average Bonchev–Trinajstić information content (AvgIpc) is 2.93. The van der Waals surface area contributed by atoms with Gasteiger partial charge >= 0.3 is 5.69 Å². The highest BCUT2D eigenvalue weighted by molar-refractivity contribution is 7.99. The molecule has 0 aromatic carbocycles. The van der Waals surface area contributed by atoms with Gasteiger partial charge in [-0.05, 0) is 12.1 Å². The summed E-state index contributed by atoms with van der Waals surface area (Å²) in [7, 11) is 1.60. The third kappa shape index (κ3) is 3.85. The Morgan fingerprint density at radius 1 is 1.63 bits per heavy atom. The molecule has 0 aliphatic heterocycles. The highest BCUT2D eigenvalue weighted by atomic mass is 35.5. The van der Waals surface area contributed by atoms with Crippen molar-refractivity contribution in [2.24, 2.45) is 7.05 Å². The third-order valence-electron chi connectivity index (χ3n) is 2.26. The van der Waals surface area contributed by atoms with Crippen LogP contribution in [0.5, 0.6) is 0 Å². The Labute approximate surface area is 122 Å². The van der Waals surface area contributed by atoms with Gasteiger partial charge in [0.15, 0.2) is 5.16 Å². The number of carbonyl (C=O) groups is 1. The van der Waals surface area contributed by atoms with Crippen molar-refractivity contribution in [3.8, 4) is 0 Å². The summed E-state index contributed by atoms with van der Waals surface area (Å²) in [6, 6.07) is 3.67. The maximum absolute atomic E-state index is 11.6. The molecule has 2 aromatic rings. The van der Waals surface area contributed by atoms with Gasteiger partial charge in [0, 0.05) is 11.9 Å². The number of hydrogen-bond acceptors (Lipinski definition) is 5. The molecule has 0 aliphatic rings. The van der Waals surface area contributed by atoms with E-state index in [4.69, 9.17) is 11.6 Å². The van der Waals surface area contributed by atoms with E-state index in [1.807, 2.05) is 6.07 Å². The minimum absolute atomic E-state index is 0.120. The lowest BCUT2D eigenvalue weighted by molar-refractivity contribution is -0.118. The van der Waals surface area contributed by atoms with E-state index in [1.54, 1.807) is 13.1 Å². The molecule has 9 heteroatoms. The van der Waals surface area contributed by atoms with Crippen molar-refractivity contribution < 1.29 is 4.79 Å². The van der Waals surface area contributed by atoms with Crippen LogP contribution in [0.15, 0.2) is 22.1 Å². The molecule has 0 unspecified atom stereocenters. The van der Waals surface area contributed by atoms with Crippen molar-refractivity contribution in [3.63, 3.8) is 0 Å². The molecule has 0 bridgehead atoms. The summed E-state index contributed by atoms with van der Waals surface area (Å²) in [5.41, 5.74) is -0.295. The van der Waals surface area contributed by atoms with E-state index in [1.165, 1.54) is 27.7 Å². The zero-order chi connectivity index (χ0) is 13.8. The van der Waals surface area contributed by atoms with Crippen LogP contribution < -0.4 is 11.0 Å². The van der Waals surface area contributed by atoms with Gasteiger partial charge in [-0.2, -0.15) is 0 Å². The molecule has 2 rings (SSSR count). The molecule has 0 saturated carbocycles. The first-order valence-corrected chi connectivity index (χ1v) is 7.49. The summed E-state index contributed by atoms with van der Waals surface area (Å²) in [5.74, 6) is 0.0852. The number of thioether (sulfide) groups is 1. The molecule has 2 aromatic heterocycles. The second kappa shape index (κ2) is 6.27. The Morgan fingerprint density at radius 3 is 3.00 bits per heavy atom. The van der Waals surface area contributed by atoms with Gasteiger partial charge < -0.3 is 5.32 Å². The second-order valence-corrected chi connectivity index (χ2v) is 6.38. The van der Waals surface area contributed by atoms with E-state index in [-0.39, 0.29) is 17.3 Å². The number of nitrogens with zero attached hydrogens (tertiary/aromatic N) is 2. The Bertz CT molecular complexity index is 634. The molecule has 0 saturated heterocycles. The van der Waals surface area contributed by atoms with Gasteiger partial charge in [-0.1, -0.05) is 23.4 Å². The molecule has 0 spiro atoms. The number of rotatable bonds is 5. The van der Waals surface area contributed by atoms with Crippen LogP contribution in [0.1, 0.15) is 4.88 Å². The van der Waals surface area contributed by atoms with Crippen LogP contribution in [0.4, 0.5) is 0 Å². The first-order chi connectivity index (χ1) is 9.06. The predicted octanol–water partition coefficient (Wildman–Crippen LogP) is 1.23. The topological polar surface area (TPSA) is 79.8 Å². The molecule has 1 amide bonds. The Hall–Kier alpha value is -1.25. The first-order valence-electron chi connectivity index (χ1n) is 5.31. The van der Waals surface area contributed by atoms with Gasteiger partial charge in [-0.3, -0.25) is 9.36 Å². The molecule has 19 heavy (non-hydrogen) atoms. The largest absolute Gasteiger partial charge is 0.350 e. The van der Waals surface area contributed by atoms with Gasteiger partial charge in [0.1, 0.15) is 0 Å². The summed E-state index contributed by atoms with van der Waals surface area (Å²) in [6.07, 6.45) is 0. The monoisotopic (exact) mass is 318 g/mol. The number of thiophene rings is 1. The Kier molecular flexibility index (Phi) is 4.67. The van der Waals surface area contributed by atoms with Crippen LogP contribution in [-0.2, 0) is 18.4 Å². The normalized spacial score (nSPS) is 10.6. The summed E-state index contributed by atoms with van der Waals surface area (Å²) >= 11 is 8.43. The van der Waals surface area contributed by atoms with Crippen LogP contribution in [0.25, 0.3) is 0 Å². The van der Waals surface area contributed by atoms with E-state index in [0.29, 0.717) is 16.0 Å². The van der Waals surface area contributed by atoms with Gasteiger partial charge in [-0.25, -0.2) is 9.89 Å². The number of hydrogen-bond donors (Lipinski definition) is 2. The number of H-pyrrole nitrogens is 1. The summed E-state index contributed by atoms with van der Waals surface area (Å²) < 4.78 is 2.06. The number of nitrogens with one attached hydrogen (secondary N) is 2. The fourth-order valence-electron chi connectivity index (χ4n) is 1.28. The van der Waals surface area contributed by atoms with E-state index >= 15 is 0 Å².